The number of aromatic hydroxyl groups is 1. The predicted octanol–water partition coefficient (Wildman–Crippen LogP) is 0.243. The highest BCUT2D eigenvalue weighted by atomic mass is 32.2. The van der Waals surface area contributed by atoms with Gasteiger partial charge >= 0.3 is 10.2 Å². The lowest BCUT2D eigenvalue weighted by Gasteiger charge is -2.19. The lowest BCUT2D eigenvalue weighted by atomic mass is 10.1. The number of carbonyl (C=O) groups excluding carboxylic acids is 1. The molecule has 1 atom stereocenters. The van der Waals surface area contributed by atoms with Crippen molar-refractivity contribution in [2.75, 3.05) is 42.9 Å². The highest BCUT2D eigenvalue weighted by Gasteiger charge is 2.38. The normalized spacial score (nSPS) is 21.2. The number of nitrogens with zero attached hydrogens (tertiary/aromatic N) is 4. The van der Waals surface area contributed by atoms with Crippen LogP contribution in [0.4, 0.5) is 15.9 Å². The van der Waals surface area contributed by atoms with Gasteiger partial charge in [0.2, 0.25) is 0 Å². The van der Waals surface area contributed by atoms with Crippen molar-refractivity contribution in [1.29, 1.82) is 0 Å². The van der Waals surface area contributed by atoms with Gasteiger partial charge in [0.1, 0.15) is 18.0 Å². The van der Waals surface area contributed by atoms with E-state index in [0.717, 1.165) is 19.5 Å². The number of halogens is 1. The molecule has 10 nitrogen and oxygen atoms in total. The Morgan fingerprint density at radius 1 is 1.34 bits per heavy atom. The average Bonchev–Trinajstić information content (AvgIpc) is 3.34. The summed E-state index contributed by atoms with van der Waals surface area (Å²) in [6.45, 7) is 1.00. The number of nitrogens with one attached hydrogen (secondary N) is 2. The molecular weight excluding hydrogens is 403 g/mol. The highest BCUT2D eigenvalue weighted by molar-refractivity contribution is 7.92. The van der Waals surface area contributed by atoms with E-state index in [1.807, 2.05) is 14.1 Å². The van der Waals surface area contributed by atoms with Gasteiger partial charge in [0, 0.05) is 30.8 Å². The Morgan fingerprint density at radius 2 is 2.10 bits per heavy atom. The number of benzene rings is 1. The standard InChI is InChI=1S/C17H21FN6O4S/c1-22(2)10-5-6-23(8-10)14-7-12(19-20-14)11-3-4-13(25)17(16(11)18)24-9-15(26)21-29(24,27)28/h3-4,7,10,25H,5-6,8-9H2,1-2H3,(H,19,20)(H,21,26). The predicted molar refractivity (Wildman–Crippen MR) is 104 cm³/mol. The van der Waals surface area contributed by atoms with Crippen LogP contribution in [0, 0.1) is 5.82 Å². The molecule has 0 spiro atoms. The molecule has 0 bridgehead atoms. The van der Waals surface area contributed by atoms with Crippen LogP contribution >= 0.6 is 0 Å². The van der Waals surface area contributed by atoms with E-state index in [0.29, 0.717) is 21.9 Å². The average molecular weight is 424 g/mol. The first kappa shape index (κ1) is 19.5. The Bertz CT molecular complexity index is 1070. The van der Waals surface area contributed by atoms with E-state index in [4.69, 9.17) is 0 Å². The summed E-state index contributed by atoms with van der Waals surface area (Å²) in [4.78, 5) is 15.7. The van der Waals surface area contributed by atoms with Crippen molar-refractivity contribution in [3.05, 3.63) is 24.0 Å². The number of amides is 1. The SMILES string of the molecule is CN(C)C1CCN(c2cc(-c3ccc(O)c(N4CC(=O)NS4(=O)=O)c3F)[nH]n2)C1. The van der Waals surface area contributed by atoms with E-state index >= 15 is 4.39 Å². The lowest BCUT2D eigenvalue weighted by Crippen LogP contribution is -2.31. The number of aromatic nitrogens is 2. The maximum Gasteiger partial charge on any atom is 0.326 e. The maximum absolute atomic E-state index is 15.2. The Hall–Kier alpha value is -2.86. The molecule has 2 aromatic rings. The van der Waals surface area contributed by atoms with Gasteiger partial charge in [-0.15, -0.1) is 0 Å². The largest absolute Gasteiger partial charge is 0.506 e. The molecule has 1 aromatic carbocycles. The molecular formula is C17H21FN6O4S. The van der Waals surface area contributed by atoms with E-state index in [1.54, 1.807) is 10.8 Å². The first-order chi connectivity index (χ1) is 13.7. The molecule has 156 valence electrons. The summed E-state index contributed by atoms with van der Waals surface area (Å²) in [6.07, 6.45) is 0.987. The number of phenols is 1. The Morgan fingerprint density at radius 3 is 2.72 bits per heavy atom. The molecule has 1 unspecified atom stereocenters. The van der Waals surface area contributed by atoms with Gasteiger partial charge in [-0.2, -0.15) is 13.5 Å². The van der Waals surface area contributed by atoms with Crippen LogP contribution in [0.15, 0.2) is 18.2 Å². The summed E-state index contributed by atoms with van der Waals surface area (Å²) in [5, 5.41) is 17.1. The Labute approximate surface area is 167 Å². The van der Waals surface area contributed by atoms with Crippen LogP contribution in [0.1, 0.15) is 6.42 Å². The van der Waals surface area contributed by atoms with Gasteiger partial charge in [0.15, 0.2) is 11.6 Å². The molecule has 0 aliphatic carbocycles. The van der Waals surface area contributed by atoms with Crippen molar-refractivity contribution in [1.82, 2.24) is 19.8 Å². The minimum Gasteiger partial charge on any atom is -0.506 e. The summed E-state index contributed by atoms with van der Waals surface area (Å²) >= 11 is 0. The van der Waals surface area contributed by atoms with Gasteiger partial charge in [-0.1, -0.05) is 0 Å². The fourth-order valence-electron chi connectivity index (χ4n) is 3.63. The molecule has 4 rings (SSSR count). The van der Waals surface area contributed by atoms with Crippen LogP contribution in [0.2, 0.25) is 0 Å². The van der Waals surface area contributed by atoms with Crippen molar-refractivity contribution in [2.24, 2.45) is 0 Å². The smallest absolute Gasteiger partial charge is 0.326 e. The zero-order valence-corrected chi connectivity index (χ0v) is 16.7. The van der Waals surface area contributed by atoms with Crippen molar-refractivity contribution in [3.8, 4) is 17.0 Å². The molecule has 1 amide bonds. The van der Waals surface area contributed by atoms with E-state index < -0.39 is 39.9 Å². The molecule has 0 radical (unpaired) electrons. The Kier molecular flexibility index (Phi) is 4.62. The van der Waals surface area contributed by atoms with E-state index in [9.17, 15) is 18.3 Å². The molecule has 3 heterocycles. The number of aromatic amines is 1. The Balaban J connectivity index is 1.67. The van der Waals surface area contributed by atoms with Crippen LogP contribution in [-0.2, 0) is 15.0 Å². The number of likely N-dealkylation sites (N-methyl/N-ethyl adjacent to an activating group) is 1. The molecule has 12 heteroatoms. The van der Waals surface area contributed by atoms with E-state index in [1.165, 1.54) is 12.1 Å². The highest BCUT2D eigenvalue weighted by Crippen LogP contribution is 2.39. The minimum absolute atomic E-state index is 0.0365. The second-order valence-electron chi connectivity index (χ2n) is 7.32. The number of hydrogen-bond donors (Lipinski definition) is 3. The summed E-state index contributed by atoms with van der Waals surface area (Å²) in [6, 6.07) is 4.59. The number of carbonyl (C=O) groups is 1. The molecule has 2 saturated heterocycles. The van der Waals surface area contributed by atoms with Crippen LogP contribution < -0.4 is 13.9 Å². The third-order valence-corrected chi connectivity index (χ3v) is 6.61. The molecule has 2 aliphatic heterocycles. The number of phenolic OH excluding ortho intramolecular Hbond substituents is 1. The summed E-state index contributed by atoms with van der Waals surface area (Å²) < 4.78 is 41.6. The molecule has 3 N–H and O–H groups in total. The third kappa shape index (κ3) is 3.38. The minimum atomic E-state index is -4.26. The van der Waals surface area contributed by atoms with Crippen LogP contribution in [0.3, 0.4) is 0 Å². The van der Waals surface area contributed by atoms with Gasteiger partial charge in [0.05, 0.1) is 5.69 Å². The molecule has 2 fully saturated rings. The second-order valence-corrected chi connectivity index (χ2v) is 8.92. The van der Waals surface area contributed by atoms with Gasteiger partial charge < -0.3 is 14.9 Å². The monoisotopic (exact) mass is 424 g/mol. The van der Waals surface area contributed by atoms with Crippen LogP contribution in [0.25, 0.3) is 11.3 Å². The molecule has 1 aromatic heterocycles. The van der Waals surface area contributed by atoms with Crippen molar-refractivity contribution in [2.45, 2.75) is 12.5 Å². The molecule has 2 aliphatic rings. The fraction of sp³-hybridized carbons (Fsp3) is 0.412. The van der Waals surface area contributed by atoms with Crippen molar-refractivity contribution in [3.63, 3.8) is 0 Å². The number of rotatable bonds is 4. The topological polar surface area (TPSA) is 122 Å². The van der Waals surface area contributed by atoms with Gasteiger partial charge in [-0.05, 0) is 32.6 Å². The summed E-state index contributed by atoms with van der Waals surface area (Å²) in [7, 11) is -0.226. The lowest BCUT2D eigenvalue weighted by molar-refractivity contribution is -0.117. The number of hydrogen-bond acceptors (Lipinski definition) is 7. The van der Waals surface area contributed by atoms with E-state index in [-0.39, 0.29) is 5.56 Å². The fourth-order valence-corrected chi connectivity index (χ4v) is 4.79. The van der Waals surface area contributed by atoms with Gasteiger partial charge in [-0.3, -0.25) is 9.89 Å². The summed E-state index contributed by atoms with van der Waals surface area (Å²) in [5.74, 6) is -1.70. The first-order valence-electron chi connectivity index (χ1n) is 8.99. The molecule has 29 heavy (non-hydrogen) atoms. The van der Waals surface area contributed by atoms with Crippen LogP contribution in [-0.4, -0.2) is 74.3 Å². The third-order valence-electron chi connectivity index (χ3n) is 5.24. The number of anilines is 2. The first-order valence-corrected chi connectivity index (χ1v) is 10.4. The van der Waals surface area contributed by atoms with Gasteiger partial charge in [0.25, 0.3) is 5.91 Å². The second kappa shape index (κ2) is 6.88. The van der Waals surface area contributed by atoms with Crippen molar-refractivity contribution < 1.29 is 22.7 Å². The maximum atomic E-state index is 15.2. The zero-order valence-electron chi connectivity index (χ0n) is 15.9. The van der Waals surface area contributed by atoms with Gasteiger partial charge in [-0.25, -0.2) is 13.4 Å². The quantitative estimate of drug-likeness (QED) is 0.643. The van der Waals surface area contributed by atoms with Crippen LogP contribution in [0.5, 0.6) is 5.75 Å². The summed E-state index contributed by atoms with van der Waals surface area (Å²) in [5.41, 5.74) is -0.205. The zero-order chi connectivity index (χ0) is 20.9. The molecule has 0 saturated carbocycles. The van der Waals surface area contributed by atoms with Crippen molar-refractivity contribution >= 4 is 27.6 Å². The van der Waals surface area contributed by atoms with E-state index in [2.05, 4.69) is 20.0 Å². The number of H-pyrrole nitrogens is 1.